The van der Waals surface area contributed by atoms with Gasteiger partial charge in [0, 0.05) is 11.0 Å². The van der Waals surface area contributed by atoms with Crippen molar-refractivity contribution in [1.29, 1.82) is 0 Å². The summed E-state index contributed by atoms with van der Waals surface area (Å²) in [5, 5.41) is 2.74. The molecule has 18 heavy (non-hydrogen) atoms. The number of sulfone groups is 1. The number of nitrogens with one attached hydrogen (secondary N) is 1. The molecule has 0 aliphatic rings. The van der Waals surface area contributed by atoms with Gasteiger partial charge < -0.3 is 10.1 Å². The number of rotatable bonds is 6. The average Bonchev–Trinajstić information content (AvgIpc) is 2.29. The van der Waals surface area contributed by atoms with Crippen LogP contribution in [-0.2, 0) is 9.84 Å². The second-order valence-electron chi connectivity index (χ2n) is 4.19. The molecule has 1 N–H and O–H groups in total. The van der Waals surface area contributed by atoms with Gasteiger partial charge in [0.1, 0.15) is 5.75 Å². The number of anilines is 1. The van der Waals surface area contributed by atoms with E-state index in [0.29, 0.717) is 12.3 Å². The molecular formula is C12H18BrNO3S. The smallest absolute Gasteiger partial charge is 0.154 e. The minimum absolute atomic E-state index is 0.111. The van der Waals surface area contributed by atoms with Crippen molar-refractivity contribution in [2.45, 2.75) is 19.1 Å². The summed E-state index contributed by atoms with van der Waals surface area (Å²) in [5.74, 6) is 0.806. The van der Waals surface area contributed by atoms with Crippen molar-refractivity contribution in [3.63, 3.8) is 0 Å². The van der Waals surface area contributed by atoms with E-state index in [2.05, 4.69) is 21.2 Å². The van der Waals surface area contributed by atoms with Crippen molar-refractivity contribution in [2.24, 2.45) is 0 Å². The minimum atomic E-state index is -3.01. The van der Waals surface area contributed by atoms with E-state index in [1.54, 1.807) is 21.0 Å². The molecule has 0 atom stereocenters. The van der Waals surface area contributed by atoms with Crippen molar-refractivity contribution in [1.82, 2.24) is 0 Å². The van der Waals surface area contributed by atoms with E-state index in [1.165, 1.54) is 0 Å². The van der Waals surface area contributed by atoms with Crippen LogP contribution >= 0.6 is 15.9 Å². The molecular weight excluding hydrogens is 318 g/mol. The van der Waals surface area contributed by atoms with Crippen LogP contribution in [0.15, 0.2) is 22.7 Å². The van der Waals surface area contributed by atoms with E-state index in [1.807, 2.05) is 18.2 Å². The first kappa shape index (κ1) is 15.3. The predicted molar refractivity (Wildman–Crippen MR) is 78.1 cm³/mol. The molecule has 0 aliphatic heterocycles. The van der Waals surface area contributed by atoms with E-state index < -0.39 is 9.84 Å². The van der Waals surface area contributed by atoms with Crippen LogP contribution in [0.5, 0.6) is 5.75 Å². The van der Waals surface area contributed by atoms with E-state index in [0.717, 1.165) is 10.2 Å². The Kier molecular flexibility index (Phi) is 5.47. The van der Waals surface area contributed by atoms with E-state index in [-0.39, 0.29) is 11.0 Å². The molecule has 0 fully saturated rings. The fourth-order valence-corrected chi connectivity index (χ4v) is 2.60. The summed E-state index contributed by atoms with van der Waals surface area (Å²) in [5.41, 5.74) is 0.783. The Labute approximate surface area is 117 Å². The third-order valence-electron chi connectivity index (χ3n) is 2.58. The van der Waals surface area contributed by atoms with E-state index in [9.17, 15) is 8.42 Å². The van der Waals surface area contributed by atoms with Gasteiger partial charge in [0.05, 0.1) is 23.8 Å². The summed E-state index contributed by atoms with van der Waals surface area (Å²) in [6.45, 7) is 3.75. The van der Waals surface area contributed by atoms with Gasteiger partial charge in [0.2, 0.25) is 0 Å². The molecule has 0 saturated carbocycles. The zero-order valence-electron chi connectivity index (χ0n) is 10.7. The maximum absolute atomic E-state index is 11.7. The topological polar surface area (TPSA) is 55.4 Å². The standard InChI is InChI=1S/C12H18BrNO3S/c1-9(2)18(15,16)7-6-14-11-8-10(13)4-5-12(11)17-3/h4-5,8-9,14H,6-7H2,1-3H3. The van der Waals surface area contributed by atoms with Gasteiger partial charge in [-0.1, -0.05) is 15.9 Å². The summed E-state index contributed by atoms with van der Waals surface area (Å²) in [4.78, 5) is 0. The Balaban J connectivity index is 2.67. The van der Waals surface area contributed by atoms with Crippen LogP contribution in [0.1, 0.15) is 13.8 Å². The molecule has 102 valence electrons. The summed E-state index contributed by atoms with van der Waals surface area (Å²) < 4.78 is 29.4. The minimum Gasteiger partial charge on any atom is -0.495 e. The molecule has 0 heterocycles. The van der Waals surface area contributed by atoms with Crippen LogP contribution in [0.25, 0.3) is 0 Å². The number of hydrogen-bond donors (Lipinski definition) is 1. The summed E-state index contributed by atoms with van der Waals surface area (Å²) in [6, 6.07) is 5.55. The fourth-order valence-electron chi connectivity index (χ4n) is 1.38. The summed E-state index contributed by atoms with van der Waals surface area (Å²) in [6.07, 6.45) is 0. The molecule has 0 unspecified atom stereocenters. The molecule has 1 rings (SSSR count). The maximum atomic E-state index is 11.7. The first-order valence-corrected chi connectivity index (χ1v) is 8.16. The van der Waals surface area contributed by atoms with Gasteiger partial charge in [0.25, 0.3) is 0 Å². The van der Waals surface area contributed by atoms with Crippen LogP contribution in [-0.4, -0.2) is 33.1 Å². The highest BCUT2D eigenvalue weighted by atomic mass is 79.9. The molecule has 4 nitrogen and oxygen atoms in total. The lowest BCUT2D eigenvalue weighted by molar-refractivity contribution is 0.416. The fraction of sp³-hybridized carbons (Fsp3) is 0.500. The molecule has 1 aromatic carbocycles. The number of hydrogen-bond acceptors (Lipinski definition) is 4. The first-order chi connectivity index (χ1) is 8.36. The van der Waals surface area contributed by atoms with Crippen molar-refractivity contribution in [2.75, 3.05) is 24.7 Å². The van der Waals surface area contributed by atoms with Crippen LogP contribution in [0.4, 0.5) is 5.69 Å². The monoisotopic (exact) mass is 335 g/mol. The van der Waals surface area contributed by atoms with Crippen LogP contribution in [0.2, 0.25) is 0 Å². The van der Waals surface area contributed by atoms with Gasteiger partial charge in [-0.3, -0.25) is 0 Å². The molecule has 0 aromatic heterocycles. The molecule has 6 heteroatoms. The molecule has 0 saturated heterocycles. The highest BCUT2D eigenvalue weighted by Gasteiger charge is 2.15. The second-order valence-corrected chi connectivity index (χ2v) is 7.78. The SMILES string of the molecule is COc1ccc(Br)cc1NCCS(=O)(=O)C(C)C. The van der Waals surface area contributed by atoms with Gasteiger partial charge in [-0.05, 0) is 32.0 Å². The van der Waals surface area contributed by atoms with Gasteiger partial charge >= 0.3 is 0 Å². The highest BCUT2D eigenvalue weighted by molar-refractivity contribution is 9.10. The first-order valence-electron chi connectivity index (χ1n) is 5.66. The average molecular weight is 336 g/mol. The molecule has 0 spiro atoms. The van der Waals surface area contributed by atoms with E-state index >= 15 is 0 Å². The molecule has 0 aliphatic carbocycles. The number of benzene rings is 1. The van der Waals surface area contributed by atoms with Crippen molar-refractivity contribution < 1.29 is 13.2 Å². The quantitative estimate of drug-likeness (QED) is 0.868. The Hall–Kier alpha value is -0.750. The van der Waals surface area contributed by atoms with E-state index in [4.69, 9.17) is 4.74 Å². The highest BCUT2D eigenvalue weighted by Crippen LogP contribution is 2.27. The largest absolute Gasteiger partial charge is 0.495 e. The second kappa shape index (κ2) is 6.43. The third kappa shape index (κ3) is 4.17. The van der Waals surface area contributed by atoms with Crippen LogP contribution in [0.3, 0.4) is 0 Å². The van der Waals surface area contributed by atoms with Crippen molar-refractivity contribution >= 4 is 31.5 Å². The van der Waals surface area contributed by atoms with Gasteiger partial charge in [-0.15, -0.1) is 0 Å². The normalized spacial score (nSPS) is 11.6. The Morgan fingerprint density at radius 1 is 1.39 bits per heavy atom. The molecule has 0 radical (unpaired) electrons. The number of methoxy groups -OCH3 is 1. The number of ether oxygens (including phenoxy) is 1. The lowest BCUT2D eigenvalue weighted by atomic mass is 10.3. The Morgan fingerprint density at radius 2 is 2.06 bits per heavy atom. The summed E-state index contributed by atoms with van der Waals surface area (Å²) >= 11 is 3.37. The van der Waals surface area contributed by atoms with Crippen molar-refractivity contribution in [3.05, 3.63) is 22.7 Å². The van der Waals surface area contributed by atoms with Crippen LogP contribution in [0, 0.1) is 0 Å². The Bertz CT molecular complexity index is 500. The van der Waals surface area contributed by atoms with Crippen molar-refractivity contribution in [3.8, 4) is 5.75 Å². The Morgan fingerprint density at radius 3 is 2.61 bits per heavy atom. The molecule has 1 aromatic rings. The van der Waals surface area contributed by atoms with Gasteiger partial charge in [0.15, 0.2) is 9.84 Å². The lowest BCUT2D eigenvalue weighted by Gasteiger charge is -2.12. The third-order valence-corrected chi connectivity index (χ3v) is 5.28. The lowest BCUT2D eigenvalue weighted by Crippen LogP contribution is -2.23. The number of halogens is 1. The zero-order valence-corrected chi connectivity index (χ0v) is 13.1. The maximum Gasteiger partial charge on any atom is 0.154 e. The van der Waals surface area contributed by atoms with Crippen LogP contribution < -0.4 is 10.1 Å². The zero-order chi connectivity index (χ0) is 13.8. The molecule has 0 amide bonds. The predicted octanol–water partition coefficient (Wildman–Crippen LogP) is 2.69. The molecule has 0 bridgehead atoms. The van der Waals surface area contributed by atoms with Gasteiger partial charge in [-0.25, -0.2) is 8.42 Å². The summed E-state index contributed by atoms with van der Waals surface area (Å²) in [7, 11) is -1.43. The van der Waals surface area contributed by atoms with Gasteiger partial charge in [-0.2, -0.15) is 0 Å².